The van der Waals surface area contributed by atoms with E-state index in [1.807, 2.05) is 30.3 Å². The van der Waals surface area contributed by atoms with E-state index >= 15 is 0 Å². The van der Waals surface area contributed by atoms with Gasteiger partial charge in [0.05, 0.1) is 12.0 Å². The van der Waals surface area contributed by atoms with E-state index in [0.29, 0.717) is 19.6 Å². The molecule has 31 heavy (non-hydrogen) atoms. The van der Waals surface area contributed by atoms with E-state index in [9.17, 15) is 14.7 Å². The Morgan fingerprint density at radius 1 is 0.935 bits per heavy atom. The number of nitrogens with zero attached hydrogens (tertiary/aromatic N) is 2. The van der Waals surface area contributed by atoms with Crippen LogP contribution in [0.3, 0.4) is 0 Å². The highest BCUT2D eigenvalue weighted by molar-refractivity contribution is 5.89. The largest absolute Gasteiger partial charge is 0.393 e. The number of hydrogen-bond acceptors (Lipinski definition) is 4. The molecule has 4 rings (SSSR count). The zero-order chi connectivity index (χ0) is 21.6. The fourth-order valence-corrected chi connectivity index (χ4v) is 4.34. The van der Waals surface area contributed by atoms with Crippen LogP contribution in [0.15, 0.2) is 54.6 Å². The summed E-state index contributed by atoms with van der Waals surface area (Å²) < 4.78 is 0. The first kappa shape index (κ1) is 21.5. The minimum atomic E-state index is -0.287. The smallest absolute Gasteiger partial charge is 0.225 e. The first-order valence-electron chi connectivity index (χ1n) is 11.1. The molecule has 2 saturated heterocycles. The second-order valence-electron chi connectivity index (χ2n) is 8.70. The maximum absolute atomic E-state index is 12.6. The number of amides is 2. The molecule has 2 aromatic carbocycles. The quantitative estimate of drug-likeness (QED) is 0.720. The molecule has 2 aliphatic heterocycles. The molecule has 0 radical (unpaired) electrons. The number of aliphatic hydroxyl groups excluding tert-OH is 1. The number of rotatable bonds is 7. The molecule has 0 saturated carbocycles. The van der Waals surface area contributed by atoms with Crippen LogP contribution < -0.4 is 5.32 Å². The minimum absolute atomic E-state index is 0.0404. The number of carbonyl (C=O) groups excluding carboxylic acids is 2. The molecule has 6 heteroatoms. The lowest BCUT2D eigenvalue weighted by molar-refractivity contribution is -0.129. The molecule has 2 aliphatic rings. The SMILES string of the molecule is O=C(NCc1ccc(CN2CCC(O)CC2)cc1)C1CC(=O)N(Cc2ccccc2)C1. The Balaban J connectivity index is 1.23. The fourth-order valence-electron chi connectivity index (χ4n) is 4.34. The average Bonchev–Trinajstić information content (AvgIpc) is 3.15. The van der Waals surface area contributed by atoms with Crippen molar-refractivity contribution in [2.75, 3.05) is 19.6 Å². The summed E-state index contributed by atoms with van der Waals surface area (Å²) in [6.45, 7) is 4.25. The first-order chi connectivity index (χ1) is 15.1. The molecule has 164 valence electrons. The molecule has 1 atom stereocenters. The third-order valence-electron chi connectivity index (χ3n) is 6.25. The number of carbonyl (C=O) groups is 2. The Bertz CT molecular complexity index is 877. The van der Waals surface area contributed by atoms with Gasteiger partial charge in [0.2, 0.25) is 11.8 Å². The summed E-state index contributed by atoms with van der Waals surface area (Å²) in [6.07, 6.45) is 1.82. The van der Waals surface area contributed by atoms with Crippen LogP contribution in [0.25, 0.3) is 0 Å². The molecule has 0 aromatic heterocycles. The van der Waals surface area contributed by atoms with Gasteiger partial charge in [0.15, 0.2) is 0 Å². The van der Waals surface area contributed by atoms with Gasteiger partial charge >= 0.3 is 0 Å². The van der Waals surface area contributed by atoms with E-state index < -0.39 is 0 Å². The Morgan fingerprint density at radius 2 is 1.58 bits per heavy atom. The van der Waals surface area contributed by atoms with Gasteiger partial charge in [0.1, 0.15) is 0 Å². The second-order valence-corrected chi connectivity index (χ2v) is 8.70. The van der Waals surface area contributed by atoms with E-state index in [-0.39, 0.29) is 30.3 Å². The average molecular weight is 422 g/mol. The maximum atomic E-state index is 12.6. The summed E-state index contributed by atoms with van der Waals surface area (Å²) >= 11 is 0. The van der Waals surface area contributed by atoms with Crippen molar-refractivity contribution >= 4 is 11.8 Å². The van der Waals surface area contributed by atoms with Crippen molar-refractivity contribution in [3.05, 3.63) is 71.3 Å². The van der Waals surface area contributed by atoms with Crippen molar-refractivity contribution in [2.45, 2.75) is 45.0 Å². The van der Waals surface area contributed by atoms with Gasteiger partial charge in [-0.25, -0.2) is 0 Å². The highest BCUT2D eigenvalue weighted by Gasteiger charge is 2.34. The molecular weight excluding hydrogens is 390 g/mol. The van der Waals surface area contributed by atoms with Gasteiger partial charge < -0.3 is 15.3 Å². The van der Waals surface area contributed by atoms with Gasteiger partial charge in [-0.1, -0.05) is 54.6 Å². The fraction of sp³-hybridized carbons (Fsp3) is 0.440. The predicted octanol–water partition coefficient (Wildman–Crippen LogP) is 2.31. The van der Waals surface area contributed by atoms with Crippen LogP contribution in [-0.4, -0.2) is 52.5 Å². The molecule has 1 unspecified atom stereocenters. The van der Waals surface area contributed by atoms with Crippen LogP contribution in [0.5, 0.6) is 0 Å². The molecule has 0 spiro atoms. The molecule has 0 aliphatic carbocycles. The van der Waals surface area contributed by atoms with Gasteiger partial charge in [-0.15, -0.1) is 0 Å². The van der Waals surface area contributed by atoms with Gasteiger partial charge in [-0.05, 0) is 29.5 Å². The Labute approximate surface area is 183 Å². The standard InChI is InChI=1S/C25H31N3O3/c29-23-10-12-27(13-11-23)16-21-8-6-19(7-9-21)15-26-25(31)22-14-24(30)28(18-22)17-20-4-2-1-3-5-20/h1-9,22-23,29H,10-18H2,(H,26,31). The molecule has 2 aromatic rings. The molecule has 2 N–H and O–H groups in total. The number of piperidine rings is 1. The molecule has 2 amide bonds. The topological polar surface area (TPSA) is 72.9 Å². The molecule has 0 bridgehead atoms. The number of nitrogens with one attached hydrogen (secondary N) is 1. The number of benzene rings is 2. The predicted molar refractivity (Wildman–Crippen MR) is 119 cm³/mol. The van der Waals surface area contributed by atoms with E-state index in [4.69, 9.17) is 0 Å². The third kappa shape index (κ3) is 5.93. The Hall–Kier alpha value is -2.70. The molecular formula is C25H31N3O3. The van der Waals surface area contributed by atoms with Crippen LogP contribution >= 0.6 is 0 Å². The van der Waals surface area contributed by atoms with Crippen LogP contribution in [0.4, 0.5) is 0 Å². The van der Waals surface area contributed by atoms with E-state index in [1.165, 1.54) is 5.56 Å². The van der Waals surface area contributed by atoms with Gasteiger partial charge in [0, 0.05) is 45.7 Å². The molecule has 2 heterocycles. The lowest BCUT2D eigenvalue weighted by Gasteiger charge is -2.29. The van der Waals surface area contributed by atoms with Crippen molar-refractivity contribution in [1.29, 1.82) is 0 Å². The summed E-state index contributed by atoms with van der Waals surface area (Å²) in [5, 5.41) is 12.6. The maximum Gasteiger partial charge on any atom is 0.225 e. The normalized spacial score (nSPS) is 20.2. The zero-order valence-electron chi connectivity index (χ0n) is 17.9. The summed E-state index contributed by atoms with van der Waals surface area (Å²) in [4.78, 5) is 29.1. The van der Waals surface area contributed by atoms with Crippen molar-refractivity contribution < 1.29 is 14.7 Å². The lowest BCUT2D eigenvalue weighted by atomic mass is 10.1. The van der Waals surface area contributed by atoms with Crippen molar-refractivity contribution in [3.63, 3.8) is 0 Å². The van der Waals surface area contributed by atoms with Crippen molar-refractivity contribution in [1.82, 2.24) is 15.1 Å². The number of hydrogen-bond donors (Lipinski definition) is 2. The molecule has 6 nitrogen and oxygen atoms in total. The Morgan fingerprint density at radius 3 is 2.29 bits per heavy atom. The van der Waals surface area contributed by atoms with Crippen LogP contribution in [-0.2, 0) is 29.2 Å². The van der Waals surface area contributed by atoms with E-state index in [2.05, 4.69) is 34.5 Å². The summed E-state index contributed by atoms with van der Waals surface area (Å²) in [5.74, 6) is -0.302. The second kappa shape index (κ2) is 10.1. The highest BCUT2D eigenvalue weighted by atomic mass is 16.3. The van der Waals surface area contributed by atoms with Gasteiger partial charge in [0.25, 0.3) is 0 Å². The summed E-state index contributed by atoms with van der Waals surface area (Å²) in [7, 11) is 0. The lowest BCUT2D eigenvalue weighted by Crippen LogP contribution is -2.35. The summed E-state index contributed by atoms with van der Waals surface area (Å²) in [5.41, 5.74) is 3.37. The number of aliphatic hydroxyl groups is 1. The minimum Gasteiger partial charge on any atom is -0.393 e. The van der Waals surface area contributed by atoms with Gasteiger partial charge in [-0.3, -0.25) is 14.5 Å². The van der Waals surface area contributed by atoms with Crippen molar-refractivity contribution in [2.24, 2.45) is 5.92 Å². The highest BCUT2D eigenvalue weighted by Crippen LogP contribution is 2.21. The molecule has 2 fully saturated rings. The Kier molecular flexibility index (Phi) is 6.99. The third-order valence-corrected chi connectivity index (χ3v) is 6.25. The van der Waals surface area contributed by atoms with E-state index in [0.717, 1.165) is 43.6 Å². The zero-order valence-corrected chi connectivity index (χ0v) is 17.9. The van der Waals surface area contributed by atoms with Crippen molar-refractivity contribution in [3.8, 4) is 0 Å². The van der Waals surface area contributed by atoms with Gasteiger partial charge in [-0.2, -0.15) is 0 Å². The van der Waals surface area contributed by atoms with Crippen LogP contribution in [0, 0.1) is 5.92 Å². The monoisotopic (exact) mass is 421 g/mol. The van der Waals surface area contributed by atoms with Crippen LogP contribution in [0.1, 0.15) is 36.0 Å². The number of likely N-dealkylation sites (tertiary alicyclic amines) is 2. The van der Waals surface area contributed by atoms with Crippen LogP contribution in [0.2, 0.25) is 0 Å². The summed E-state index contributed by atoms with van der Waals surface area (Å²) in [6, 6.07) is 18.2. The van der Waals surface area contributed by atoms with E-state index in [1.54, 1.807) is 4.90 Å². The first-order valence-corrected chi connectivity index (χ1v) is 11.1.